The Labute approximate surface area is 350 Å². The van der Waals surface area contributed by atoms with E-state index in [1.165, 1.54) is 82.3 Å². The Morgan fingerprint density at radius 3 is 1.85 bits per heavy atom. The van der Waals surface area contributed by atoms with Crippen molar-refractivity contribution in [2.45, 2.75) is 12.0 Å². The average Bonchev–Trinajstić information content (AvgIpc) is 3.66. The van der Waals surface area contributed by atoms with Crippen molar-refractivity contribution in [2.24, 2.45) is 0 Å². The van der Waals surface area contributed by atoms with Gasteiger partial charge in [0, 0.05) is 34.4 Å². The minimum absolute atomic E-state index is 0.222. The first-order chi connectivity index (χ1) is 29.8. The highest BCUT2D eigenvalue weighted by Gasteiger charge is 2.39. The molecule has 2 aliphatic rings. The van der Waals surface area contributed by atoms with E-state index in [9.17, 15) is 0 Å². The predicted octanol–water partition coefficient (Wildman–Crippen LogP) is 15.8. The summed E-state index contributed by atoms with van der Waals surface area (Å²) >= 11 is 0. The maximum Gasteiger partial charge on any atom is 0.0629 e. The standard InChI is InChI=1S/C58H40N2/c1-2-17-44(18-3-1)60-56-26-11-10-24-54(56)58-51(25-13-27-57(58)60)41-16-12-19-46(36-41)59(47-34-35-50-43(37-47)29-28-39-14-4-6-20-48(39)50)45-32-30-40(31-33-45)55-38-42-15-5-7-21-49(42)52-22-8-9-23-53(52)55/h1-38,54,56H. The van der Waals surface area contributed by atoms with Crippen molar-refractivity contribution in [2.75, 3.05) is 9.80 Å². The van der Waals surface area contributed by atoms with Crippen LogP contribution < -0.4 is 9.80 Å². The van der Waals surface area contributed by atoms with E-state index in [0.29, 0.717) is 0 Å². The third kappa shape index (κ3) is 5.56. The molecule has 0 radical (unpaired) electrons. The maximum absolute atomic E-state index is 2.51. The molecule has 0 fully saturated rings. The number of rotatable bonds is 6. The van der Waals surface area contributed by atoms with Crippen molar-refractivity contribution >= 4 is 71.5 Å². The smallest absolute Gasteiger partial charge is 0.0629 e. The van der Waals surface area contributed by atoms with E-state index in [2.05, 4.69) is 240 Å². The number of fused-ring (bicyclic) bond motifs is 9. The van der Waals surface area contributed by atoms with Crippen LogP contribution in [0, 0.1) is 0 Å². The summed E-state index contributed by atoms with van der Waals surface area (Å²) in [7, 11) is 0. The number of allylic oxidation sites excluding steroid dienone is 2. The second-order valence-corrected chi connectivity index (χ2v) is 16.0. The molecule has 2 atom stereocenters. The van der Waals surface area contributed by atoms with Gasteiger partial charge in [-0.3, -0.25) is 0 Å². The van der Waals surface area contributed by atoms with Gasteiger partial charge in [0.1, 0.15) is 0 Å². The lowest BCUT2D eigenvalue weighted by molar-refractivity contribution is 0.745. The average molecular weight is 765 g/mol. The lowest BCUT2D eigenvalue weighted by atomic mass is 9.86. The van der Waals surface area contributed by atoms with Crippen molar-refractivity contribution < 1.29 is 0 Å². The molecule has 0 amide bonds. The van der Waals surface area contributed by atoms with Gasteiger partial charge in [-0.2, -0.15) is 0 Å². The van der Waals surface area contributed by atoms with Gasteiger partial charge >= 0.3 is 0 Å². The third-order valence-electron chi connectivity index (χ3n) is 12.7. The van der Waals surface area contributed by atoms with Crippen LogP contribution in [0.25, 0.3) is 65.3 Å². The SMILES string of the molecule is C1=CC2c3c(-c4cccc(N(c5ccc(-c6cc7ccccc7c7ccccc67)cc5)c5ccc6c(ccc7ccccc76)c5)c4)cccc3N(c3ccccc3)C2C=C1. The molecule has 2 heteroatoms. The molecule has 2 unspecified atom stereocenters. The number of hydrogen-bond acceptors (Lipinski definition) is 2. The summed E-state index contributed by atoms with van der Waals surface area (Å²) in [5.74, 6) is 0.246. The molecule has 10 aromatic rings. The lowest BCUT2D eigenvalue weighted by Gasteiger charge is -2.28. The van der Waals surface area contributed by atoms with Crippen LogP contribution in [0.15, 0.2) is 231 Å². The molecular formula is C58H40N2. The number of benzene rings is 10. The van der Waals surface area contributed by atoms with E-state index in [1.807, 2.05) is 0 Å². The fraction of sp³-hybridized carbons (Fsp3) is 0.0345. The second-order valence-electron chi connectivity index (χ2n) is 16.0. The molecule has 12 rings (SSSR count). The van der Waals surface area contributed by atoms with Crippen molar-refractivity contribution in [3.8, 4) is 22.3 Å². The zero-order valence-electron chi connectivity index (χ0n) is 33.0. The summed E-state index contributed by atoms with van der Waals surface area (Å²) in [5.41, 5.74) is 12.1. The molecular weight excluding hydrogens is 725 g/mol. The first-order valence-corrected chi connectivity index (χ1v) is 20.9. The molecule has 0 spiro atoms. The summed E-state index contributed by atoms with van der Waals surface area (Å²) in [4.78, 5) is 4.94. The molecule has 2 nitrogen and oxygen atoms in total. The molecule has 0 saturated heterocycles. The van der Waals surface area contributed by atoms with Crippen molar-refractivity contribution in [1.82, 2.24) is 0 Å². The number of nitrogens with zero attached hydrogens (tertiary/aromatic N) is 2. The highest BCUT2D eigenvalue weighted by Crippen LogP contribution is 2.52. The van der Waals surface area contributed by atoms with E-state index in [1.54, 1.807) is 0 Å². The zero-order chi connectivity index (χ0) is 39.6. The van der Waals surface area contributed by atoms with Gasteiger partial charge in [0.05, 0.1) is 6.04 Å². The quantitative estimate of drug-likeness (QED) is 0.156. The van der Waals surface area contributed by atoms with Crippen LogP contribution in [0.2, 0.25) is 0 Å². The summed E-state index contributed by atoms with van der Waals surface area (Å²) in [6.45, 7) is 0. The van der Waals surface area contributed by atoms with Crippen LogP contribution in [-0.2, 0) is 0 Å². The van der Waals surface area contributed by atoms with E-state index < -0.39 is 0 Å². The summed E-state index contributed by atoms with van der Waals surface area (Å²) in [5, 5.41) is 10.1. The van der Waals surface area contributed by atoms with Gasteiger partial charge in [0.2, 0.25) is 0 Å². The van der Waals surface area contributed by atoms with Gasteiger partial charge in [-0.1, -0.05) is 170 Å². The molecule has 1 aliphatic carbocycles. The minimum Gasteiger partial charge on any atom is -0.333 e. The van der Waals surface area contributed by atoms with E-state index >= 15 is 0 Å². The fourth-order valence-corrected chi connectivity index (χ4v) is 10.0. The Morgan fingerprint density at radius 1 is 0.367 bits per heavy atom. The third-order valence-corrected chi connectivity index (χ3v) is 12.7. The van der Waals surface area contributed by atoms with Crippen LogP contribution in [0.3, 0.4) is 0 Å². The molecule has 60 heavy (non-hydrogen) atoms. The second kappa shape index (κ2) is 14.0. The maximum atomic E-state index is 2.51. The monoisotopic (exact) mass is 764 g/mol. The fourth-order valence-electron chi connectivity index (χ4n) is 10.0. The van der Waals surface area contributed by atoms with Gasteiger partial charge < -0.3 is 9.80 Å². The Bertz CT molecular complexity index is 3340. The molecule has 10 aromatic carbocycles. The normalized spacial score (nSPS) is 15.5. The Balaban J connectivity index is 1.01. The van der Waals surface area contributed by atoms with Gasteiger partial charge in [0.25, 0.3) is 0 Å². The number of anilines is 5. The van der Waals surface area contributed by atoms with Crippen LogP contribution in [0.5, 0.6) is 0 Å². The molecule has 0 N–H and O–H groups in total. The lowest BCUT2D eigenvalue weighted by Crippen LogP contribution is -2.28. The van der Waals surface area contributed by atoms with Crippen LogP contribution in [-0.4, -0.2) is 6.04 Å². The number of hydrogen-bond donors (Lipinski definition) is 0. The van der Waals surface area contributed by atoms with Crippen molar-refractivity contribution in [3.63, 3.8) is 0 Å². The summed E-state index contributed by atoms with van der Waals surface area (Å²) < 4.78 is 0. The van der Waals surface area contributed by atoms with Gasteiger partial charge in [0.15, 0.2) is 0 Å². The Hall–Kier alpha value is -7.68. The summed E-state index contributed by atoms with van der Waals surface area (Å²) in [6, 6.07) is 76.1. The van der Waals surface area contributed by atoms with Crippen LogP contribution in [0.1, 0.15) is 11.5 Å². The predicted molar refractivity (Wildman–Crippen MR) is 255 cm³/mol. The molecule has 0 saturated carbocycles. The van der Waals surface area contributed by atoms with Gasteiger partial charge in [-0.05, 0) is 132 Å². The van der Waals surface area contributed by atoms with Crippen molar-refractivity contribution in [3.05, 3.63) is 236 Å². The van der Waals surface area contributed by atoms with E-state index in [-0.39, 0.29) is 12.0 Å². The topological polar surface area (TPSA) is 6.48 Å². The molecule has 0 aromatic heterocycles. The van der Waals surface area contributed by atoms with E-state index in [0.717, 1.165) is 17.1 Å². The minimum atomic E-state index is 0.222. The Kier molecular flexibility index (Phi) is 8.02. The van der Waals surface area contributed by atoms with Crippen LogP contribution in [0.4, 0.5) is 28.4 Å². The highest BCUT2D eigenvalue weighted by molar-refractivity contribution is 6.14. The number of para-hydroxylation sites is 1. The van der Waals surface area contributed by atoms with E-state index in [4.69, 9.17) is 0 Å². The van der Waals surface area contributed by atoms with Crippen LogP contribution >= 0.6 is 0 Å². The molecule has 1 aliphatic heterocycles. The van der Waals surface area contributed by atoms with Gasteiger partial charge in [-0.25, -0.2) is 0 Å². The van der Waals surface area contributed by atoms with Gasteiger partial charge in [-0.15, -0.1) is 0 Å². The molecule has 0 bridgehead atoms. The highest BCUT2D eigenvalue weighted by atomic mass is 15.2. The molecule has 282 valence electrons. The Morgan fingerprint density at radius 2 is 1.00 bits per heavy atom. The zero-order valence-corrected chi connectivity index (χ0v) is 33.0. The summed E-state index contributed by atoms with van der Waals surface area (Å²) in [6.07, 6.45) is 9.14. The first-order valence-electron chi connectivity index (χ1n) is 20.9. The largest absolute Gasteiger partial charge is 0.333 e. The van der Waals surface area contributed by atoms with Crippen molar-refractivity contribution in [1.29, 1.82) is 0 Å². The molecule has 1 heterocycles. The first kappa shape index (κ1) is 34.4.